The molecule has 0 aliphatic carbocycles. The molecule has 1 aromatic heterocycles. The highest BCUT2D eigenvalue weighted by molar-refractivity contribution is 5.23. The zero-order valence-corrected chi connectivity index (χ0v) is 6.96. The van der Waals surface area contributed by atoms with E-state index in [1.165, 1.54) is 11.3 Å². The second-order valence-corrected chi connectivity index (χ2v) is 3.25. The molecule has 1 aliphatic rings. The summed E-state index contributed by atoms with van der Waals surface area (Å²) in [5.74, 6) is 0.569. The lowest BCUT2D eigenvalue weighted by molar-refractivity contribution is 0.558. The van der Waals surface area contributed by atoms with Crippen LogP contribution in [0.15, 0.2) is 6.20 Å². The summed E-state index contributed by atoms with van der Waals surface area (Å²) < 4.78 is 1.90. The highest BCUT2D eigenvalue weighted by Crippen LogP contribution is 2.20. The van der Waals surface area contributed by atoms with Crippen LogP contribution >= 0.6 is 0 Å². The second-order valence-electron chi connectivity index (χ2n) is 3.25. The molecule has 0 spiro atoms. The summed E-state index contributed by atoms with van der Waals surface area (Å²) in [6.45, 7) is 4.25. The normalized spacial score (nSPS) is 23.3. The van der Waals surface area contributed by atoms with E-state index in [0.29, 0.717) is 5.92 Å². The first-order valence-electron chi connectivity index (χ1n) is 4.00. The predicted molar refractivity (Wildman–Crippen MR) is 43.3 cm³/mol. The number of rotatable bonds is 0. The molecular weight excluding hydrogens is 138 g/mol. The molecule has 3 heteroatoms. The van der Waals surface area contributed by atoms with Gasteiger partial charge in [-0.1, -0.05) is 6.92 Å². The molecule has 0 aromatic carbocycles. The third-order valence-electron chi connectivity index (χ3n) is 2.17. The molecule has 0 saturated carbocycles. The molecule has 0 saturated heterocycles. The molecule has 11 heavy (non-hydrogen) atoms. The molecule has 2 heterocycles. The summed E-state index contributed by atoms with van der Waals surface area (Å²) in [6, 6.07) is 0. The molecule has 0 fully saturated rings. The van der Waals surface area contributed by atoms with Gasteiger partial charge in [-0.2, -0.15) is 5.10 Å². The molecule has 1 aromatic rings. The highest BCUT2D eigenvalue weighted by Gasteiger charge is 2.18. The van der Waals surface area contributed by atoms with Gasteiger partial charge in [-0.3, -0.25) is 4.68 Å². The number of nitrogens with zero attached hydrogens (tertiary/aromatic N) is 2. The lowest BCUT2D eigenvalue weighted by Gasteiger charge is -2.17. The minimum Gasteiger partial charge on any atom is -0.312 e. The minimum absolute atomic E-state index is 0.569. The van der Waals surface area contributed by atoms with Crippen LogP contribution in [0.25, 0.3) is 0 Å². The van der Waals surface area contributed by atoms with E-state index in [9.17, 15) is 0 Å². The average Bonchev–Trinajstić information content (AvgIpc) is 2.31. The van der Waals surface area contributed by atoms with E-state index in [1.54, 1.807) is 0 Å². The number of fused-ring (bicyclic) bond motifs is 1. The molecule has 0 unspecified atom stereocenters. The predicted octanol–water partition coefficient (Wildman–Crippen LogP) is 0.627. The maximum Gasteiger partial charge on any atom is 0.0710 e. The summed E-state index contributed by atoms with van der Waals surface area (Å²) in [5, 5.41) is 7.76. The first-order chi connectivity index (χ1) is 5.27. The Morgan fingerprint density at radius 2 is 2.55 bits per heavy atom. The smallest absolute Gasteiger partial charge is 0.0710 e. The van der Waals surface area contributed by atoms with Gasteiger partial charge in [-0.15, -0.1) is 0 Å². The van der Waals surface area contributed by atoms with Crippen LogP contribution in [0.5, 0.6) is 0 Å². The summed E-state index contributed by atoms with van der Waals surface area (Å²) in [6.07, 6.45) is 2.10. The van der Waals surface area contributed by atoms with Crippen LogP contribution in [0.4, 0.5) is 0 Å². The van der Waals surface area contributed by atoms with Crippen molar-refractivity contribution in [1.29, 1.82) is 0 Å². The van der Waals surface area contributed by atoms with Crippen molar-refractivity contribution in [2.45, 2.75) is 19.4 Å². The molecule has 0 amide bonds. The Bertz CT molecular complexity index is 264. The van der Waals surface area contributed by atoms with Crippen molar-refractivity contribution in [3.8, 4) is 0 Å². The first-order valence-corrected chi connectivity index (χ1v) is 4.00. The van der Waals surface area contributed by atoms with Gasteiger partial charge in [0.25, 0.3) is 0 Å². The number of hydrogen-bond acceptors (Lipinski definition) is 2. The summed E-state index contributed by atoms with van der Waals surface area (Å²) >= 11 is 0. The number of aromatic nitrogens is 2. The van der Waals surface area contributed by atoms with E-state index >= 15 is 0 Å². The van der Waals surface area contributed by atoms with E-state index in [-0.39, 0.29) is 0 Å². The van der Waals surface area contributed by atoms with Crippen molar-refractivity contribution in [3.05, 3.63) is 17.5 Å². The summed E-state index contributed by atoms with van der Waals surface area (Å²) in [4.78, 5) is 0. The third-order valence-corrected chi connectivity index (χ3v) is 2.17. The van der Waals surface area contributed by atoms with E-state index in [1.807, 2.05) is 11.7 Å². The number of nitrogens with one attached hydrogen (secondary N) is 1. The zero-order chi connectivity index (χ0) is 7.84. The topological polar surface area (TPSA) is 29.9 Å². The fraction of sp³-hybridized carbons (Fsp3) is 0.625. The van der Waals surface area contributed by atoms with Crippen molar-refractivity contribution in [2.75, 3.05) is 6.54 Å². The second kappa shape index (κ2) is 2.34. The number of hydrogen-bond donors (Lipinski definition) is 1. The van der Waals surface area contributed by atoms with Crippen LogP contribution < -0.4 is 5.32 Å². The molecule has 0 radical (unpaired) electrons. The van der Waals surface area contributed by atoms with Crippen molar-refractivity contribution in [2.24, 2.45) is 7.05 Å². The van der Waals surface area contributed by atoms with Crippen LogP contribution in [-0.2, 0) is 13.6 Å². The SMILES string of the molecule is C[C@@H]1CNCc2cn(C)nc21. The Labute approximate surface area is 66.4 Å². The Morgan fingerprint density at radius 3 is 3.27 bits per heavy atom. The van der Waals surface area contributed by atoms with Crippen molar-refractivity contribution in [1.82, 2.24) is 15.1 Å². The molecular formula is C8H13N3. The molecule has 1 aliphatic heterocycles. The Hall–Kier alpha value is -0.830. The largest absolute Gasteiger partial charge is 0.312 e. The van der Waals surface area contributed by atoms with Gasteiger partial charge in [0.2, 0.25) is 0 Å². The van der Waals surface area contributed by atoms with Gasteiger partial charge in [-0.25, -0.2) is 0 Å². The maximum atomic E-state index is 4.41. The van der Waals surface area contributed by atoms with Gasteiger partial charge in [0.15, 0.2) is 0 Å². The van der Waals surface area contributed by atoms with E-state index in [4.69, 9.17) is 0 Å². The van der Waals surface area contributed by atoms with Gasteiger partial charge in [0, 0.05) is 37.8 Å². The lowest BCUT2D eigenvalue weighted by Crippen LogP contribution is -2.25. The van der Waals surface area contributed by atoms with Gasteiger partial charge in [0.05, 0.1) is 5.69 Å². The molecule has 1 N–H and O–H groups in total. The van der Waals surface area contributed by atoms with Crippen molar-refractivity contribution < 1.29 is 0 Å². The van der Waals surface area contributed by atoms with Gasteiger partial charge >= 0.3 is 0 Å². The van der Waals surface area contributed by atoms with Crippen LogP contribution in [-0.4, -0.2) is 16.3 Å². The summed E-state index contributed by atoms with van der Waals surface area (Å²) in [5.41, 5.74) is 2.62. The van der Waals surface area contributed by atoms with Crippen LogP contribution in [0, 0.1) is 0 Å². The first kappa shape index (κ1) is 6.85. The fourth-order valence-electron chi connectivity index (χ4n) is 1.63. The molecule has 0 bridgehead atoms. The molecule has 60 valence electrons. The highest BCUT2D eigenvalue weighted by atomic mass is 15.3. The molecule has 1 atom stereocenters. The maximum absolute atomic E-state index is 4.41. The Morgan fingerprint density at radius 1 is 1.73 bits per heavy atom. The van der Waals surface area contributed by atoms with Crippen molar-refractivity contribution >= 4 is 0 Å². The average molecular weight is 151 g/mol. The van der Waals surface area contributed by atoms with Crippen molar-refractivity contribution in [3.63, 3.8) is 0 Å². The molecule has 2 rings (SSSR count). The minimum atomic E-state index is 0.569. The van der Waals surface area contributed by atoms with Crippen LogP contribution in [0.1, 0.15) is 24.1 Å². The summed E-state index contributed by atoms with van der Waals surface area (Å²) in [7, 11) is 1.98. The van der Waals surface area contributed by atoms with E-state index < -0.39 is 0 Å². The Kier molecular flexibility index (Phi) is 1.46. The van der Waals surface area contributed by atoms with Gasteiger partial charge in [-0.05, 0) is 0 Å². The fourth-order valence-corrected chi connectivity index (χ4v) is 1.63. The van der Waals surface area contributed by atoms with Gasteiger partial charge in [0.1, 0.15) is 0 Å². The quantitative estimate of drug-likeness (QED) is 0.589. The van der Waals surface area contributed by atoms with E-state index in [0.717, 1.165) is 13.1 Å². The molecule has 3 nitrogen and oxygen atoms in total. The van der Waals surface area contributed by atoms with E-state index in [2.05, 4.69) is 23.5 Å². The van der Waals surface area contributed by atoms with Crippen LogP contribution in [0.2, 0.25) is 0 Å². The monoisotopic (exact) mass is 151 g/mol. The number of aryl methyl sites for hydroxylation is 1. The Balaban J connectivity index is 2.43. The van der Waals surface area contributed by atoms with Crippen LogP contribution in [0.3, 0.4) is 0 Å². The standard InChI is InChI=1S/C8H13N3/c1-6-3-9-4-7-5-11(2)10-8(6)7/h5-6,9H,3-4H2,1-2H3/t6-/m1/s1. The third kappa shape index (κ3) is 1.05. The zero-order valence-electron chi connectivity index (χ0n) is 6.96. The lowest BCUT2D eigenvalue weighted by atomic mass is 10.0. The van der Waals surface area contributed by atoms with Gasteiger partial charge < -0.3 is 5.32 Å².